The van der Waals surface area contributed by atoms with E-state index in [0.29, 0.717) is 35.5 Å². The summed E-state index contributed by atoms with van der Waals surface area (Å²) in [6.45, 7) is 4.50. The number of aromatic amines is 1. The van der Waals surface area contributed by atoms with Gasteiger partial charge in [-0.2, -0.15) is 5.10 Å². The second kappa shape index (κ2) is 7.68. The minimum Gasteiger partial charge on any atom is -0.440 e. The Balaban J connectivity index is 1.42. The second-order valence-electron chi connectivity index (χ2n) is 6.87. The van der Waals surface area contributed by atoms with Gasteiger partial charge in [0.15, 0.2) is 11.5 Å². The zero-order valence-corrected chi connectivity index (χ0v) is 16.0. The fourth-order valence-electron chi connectivity index (χ4n) is 3.31. The lowest BCUT2D eigenvalue weighted by atomic mass is 10.1. The van der Waals surface area contributed by atoms with Gasteiger partial charge in [-0.15, -0.1) is 0 Å². The molecule has 0 aliphatic rings. The first-order valence-corrected chi connectivity index (χ1v) is 9.32. The summed E-state index contributed by atoms with van der Waals surface area (Å²) in [4.78, 5) is 17.0. The van der Waals surface area contributed by atoms with Crippen molar-refractivity contribution in [1.29, 1.82) is 0 Å². The van der Waals surface area contributed by atoms with Crippen LogP contribution in [0.25, 0.3) is 11.1 Å². The van der Waals surface area contributed by atoms with Crippen molar-refractivity contribution >= 4 is 17.0 Å². The molecular weight excluding hydrogens is 352 g/mol. The van der Waals surface area contributed by atoms with E-state index in [4.69, 9.17) is 4.42 Å². The highest BCUT2D eigenvalue weighted by atomic mass is 16.3. The third kappa shape index (κ3) is 3.81. The quantitative estimate of drug-likeness (QED) is 0.539. The summed E-state index contributed by atoms with van der Waals surface area (Å²) in [6, 6.07) is 15.4. The molecule has 0 radical (unpaired) electrons. The average Bonchev–Trinajstić information content (AvgIpc) is 3.25. The number of amides is 1. The van der Waals surface area contributed by atoms with Crippen molar-refractivity contribution in [2.75, 3.05) is 6.54 Å². The minimum absolute atomic E-state index is 0.117. The van der Waals surface area contributed by atoms with Crippen LogP contribution in [0.1, 0.15) is 38.8 Å². The number of nitrogens with zero attached hydrogens (tertiary/aromatic N) is 2. The third-order valence-corrected chi connectivity index (χ3v) is 4.83. The maximum absolute atomic E-state index is 12.5. The van der Waals surface area contributed by atoms with E-state index in [1.807, 2.05) is 44.2 Å². The molecule has 0 aliphatic heterocycles. The van der Waals surface area contributed by atoms with Crippen LogP contribution in [0.15, 0.2) is 52.9 Å². The van der Waals surface area contributed by atoms with E-state index in [0.717, 1.165) is 28.9 Å². The van der Waals surface area contributed by atoms with Crippen LogP contribution in [-0.4, -0.2) is 27.6 Å². The maximum Gasteiger partial charge on any atom is 0.251 e. The number of hydrogen-bond acceptors (Lipinski definition) is 4. The van der Waals surface area contributed by atoms with Crippen LogP contribution in [0.3, 0.4) is 0 Å². The van der Waals surface area contributed by atoms with Gasteiger partial charge in [-0.25, -0.2) is 4.98 Å². The Kier molecular flexibility index (Phi) is 4.93. The maximum atomic E-state index is 12.5. The number of carbonyl (C=O) groups excluding carboxylic acids is 1. The molecule has 4 aromatic rings. The molecule has 2 aromatic heterocycles. The lowest BCUT2D eigenvalue weighted by Gasteiger charge is -2.05. The molecule has 0 saturated carbocycles. The van der Waals surface area contributed by atoms with Gasteiger partial charge in [0.05, 0.1) is 5.69 Å². The topological polar surface area (TPSA) is 83.8 Å². The Morgan fingerprint density at radius 3 is 2.71 bits per heavy atom. The number of nitrogens with one attached hydrogen (secondary N) is 2. The van der Waals surface area contributed by atoms with E-state index in [1.165, 1.54) is 0 Å². The summed E-state index contributed by atoms with van der Waals surface area (Å²) in [5.74, 6) is 0.526. The van der Waals surface area contributed by atoms with Crippen LogP contribution < -0.4 is 5.32 Å². The normalized spacial score (nSPS) is 11.1. The van der Waals surface area contributed by atoms with Gasteiger partial charge in [-0.3, -0.25) is 9.89 Å². The Bertz CT molecular complexity index is 1090. The van der Waals surface area contributed by atoms with Crippen LogP contribution in [0.4, 0.5) is 0 Å². The number of H-pyrrole nitrogens is 1. The van der Waals surface area contributed by atoms with Crippen molar-refractivity contribution in [3.05, 3.63) is 82.5 Å². The lowest BCUT2D eigenvalue weighted by molar-refractivity contribution is 0.0954. The Morgan fingerprint density at radius 1 is 1.14 bits per heavy atom. The second-order valence-corrected chi connectivity index (χ2v) is 6.87. The first-order valence-electron chi connectivity index (χ1n) is 9.32. The van der Waals surface area contributed by atoms with Gasteiger partial charge in [0.1, 0.15) is 5.52 Å². The number of fused-ring (bicyclic) bond motifs is 1. The fourth-order valence-corrected chi connectivity index (χ4v) is 3.31. The van der Waals surface area contributed by atoms with Crippen LogP contribution in [0, 0.1) is 13.8 Å². The smallest absolute Gasteiger partial charge is 0.251 e. The van der Waals surface area contributed by atoms with Crippen LogP contribution in [0.5, 0.6) is 0 Å². The summed E-state index contributed by atoms with van der Waals surface area (Å²) in [6.07, 6.45) is 1.37. The highest BCUT2D eigenvalue weighted by Gasteiger charge is 2.12. The van der Waals surface area contributed by atoms with Crippen molar-refractivity contribution in [3.63, 3.8) is 0 Å². The van der Waals surface area contributed by atoms with Gasteiger partial charge in [-0.1, -0.05) is 30.3 Å². The first kappa shape index (κ1) is 18.0. The van der Waals surface area contributed by atoms with Gasteiger partial charge < -0.3 is 9.73 Å². The molecule has 0 aliphatic carbocycles. The molecule has 28 heavy (non-hydrogen) atoms. The van der Waals surface area contributed by atoms with Gasteiger partial charge in [-0.05, 0) is 49.6 Å². The van der Waals surface area contributed by atoms with Crippen LogP contribution in [0.2, 0.25) is 0 Å². The third-order valence-electron chi connectivity index (χ3n) is 4.83. The number of rotatable bonds is 6. The molecule has 2 aromatic carbocycles. The van der Waals surface area contributed by atoms with Crippen molar-refractivity contribution in [3.8, 4) is 0 Å². The number of carbonyl (C=O) groups is 1. The minimum atomic E-state index is -0.117. The number of aryl methyl sites for hydroxylation is 2. The summed E-state index contributed by atoms with van der Waals surface area (Å²) in [5, 5.41) is 10.1. The summed E-state index contributed by atoms with van der Waals surface area (Å²) < 4.78 is 5.81. The molecule has 6 heteroatoms. The summed E-state index contributed by atoms with van der Waals surface area (Å²) in [7, 11) is 0. The number of aromatic nitrogens is 3. The number of oxazole rings is 1. The lowest BCUT2D eigenvalue weighted by Crippen LogP contribution is -2.25. The van der Waals surface area contributed by atoms with E-state index in [-0.39, 0.29) is 5.91 Å². The zero-order chi connectivity index (χ0) is 19.5. The molecule has 0 atom stereocenters. The van der Waals surface area contributed by atoms with Crippen molar-refractivity contribution in [1.82, 2.24) is 20.5 Å². The van der Waals surface area contributed by atoms with Crippen LogP contribution >= 0.6 is 0 Å². The van der Waals surface area contributed by atoms with E-state index in [9.17, 15) is 4.79 Å². The predicted molar refractivity (Wildman–Crippen MR) is 107 cm³/mol. The van der Waals surface area contributed by atoms with Gasteiger partial charge >= 0.3 is 0 Å². The molecule has 2 heterocycles. The van der Waals surface area contributed by atoms with Crippen molar-refractivity contribution < 1.29 is 9.21 Å². The van der Waals surface area contributed by atoms with Crippen molar-refractivity contribution in [2.45, 2.75) is 26.7 Å². The molecule has 0 unspecified atom stereocenters. The highest BCUT2D eigenvalue weighted by molar-refractivity contribution is 5.97. The number of hydrogen-bond donors (Lipinski definition) is 2. The van der Waals surface area contributed by atoms with E-state index in [1.54, 1.807) is 18.2 Å². The molecule has 142 valence electrons. The Morgan fingerprint density at radius 2 is 1.96 bits per heavy atom. The van der Waals surface area contributed by atoms with Gasteiger partial charge in [0.2, 0.25) is 0 Å². The molecular formula is C22H22N4O2. The Labute approximate surface area is 163 Å². The molecule has 6 nitrogen and oxygen atoms in total. The first-order chi connectivity index (χ1) is 13.6. The summed E-state index contributed by atoms with van der Waals surface area (Å²) in [5.41, 5.74) is 6.26. The van der Waals surface area contributed by atoms with Crippen LogP contribution in [-0.2, 0) is 12.8 Å². The molecule has 0 fully saturated rings. The average molecular weight is 374 g/mol. The van der Waals surface area contributed by atoms with E-state index < -0.39 is 0 Å². The molecule has 1 amide bonds. The monoisotopic (exact) mass is 374 g/mol. The summed E-state index contributed by atoms with van der Waals surface area (Å²) >= 11 is 0. The van der Waals surface area contributed by atoms with E-state index in [2.05, 4.69) is 20.5 Å². The molecule has 0 bridgehead atoms. The van der Waals surface area contributed by atoms with Gasteiger partial charge in [0.25, 0.3) is 5.91 Å². The van der Waals surface area contributed by atoms with Gasteiger partial charge in [0, 0.05) is 24.2 Å². The van der Waals surface area contributed by atoms with Crippen molar-refractivity contribution in [2.24, 2.45) is 0 Å². The molecule has 4 rings (SSSR count). The largest absolute Gasteiger partial charge is 0.440 e. The zero-order valence-electron chi connectivity index (χ0n) is 16.0. The molecule has 2 N–H and O–H groups in total. The number of benzene rings is 2. The molecule has 0 spiro atoms. The SMILES string of the molecule is Cc1n[nH]c(C)c1CCNC(=O)c1ccc2oc(Cc3ccccc3)nc2c1. The van der Waals surface area contributed by atoms with E-state index >= 15 is 0 Å². The fraction of sp³-hybridized carbons (Fsp3) is 0.227. The highest BCUT2D eigenvalue weighted by Crippen LogP contribution is 2.19. The predicted octanol–water partition coefficient (Wildman–Crippen LogP) is 3.73. The molecule has 0 saturated heterocycles. The Hall–Kier alpha value is -3.41. The standard InChI is InChI=1S/C22H22N4O2/c1-14-18(15(2)26-25-14)10-11-23-22(27)17-8-9-20-19(13-17)24-21(28-20)12-16-6-4-3-5-7-16/h3-9,13H,10-12H2,1-2H3,(H,23,27)(H,25,26).